The molecule has 0 aliphatic carbocycles. The Bertz CT molecular complexity index is 1440. The number of nitrogens with zero attached hydrogens (tertiary/aromatic N) is 5. The van der Waals surface area contributed by atoms with Crippen LogP contribution in [0.4, 0.5) is 17.6 Å². The van der Waals surface area contributed by atoms with Gasteiger partial charge in [-0.25, -0.2) is 14.4 Å². The van der Waals surface area contributed by atoms with Crippen LogP contribution in [0.5, 0.6) is 0 Å². The van der Waals surface area contributed by atoms with Crippen LogP contribution in [0.2, 0.25) is 0 Å². The Balaban J connectivity index is 0.000000582. The molecule has 0 saturated carbocycles. The first-order valence-corrected chi connectivity index (χ1v) is 16.8. The zero-order valence-corrected chi connectivity index (χ0v) is 27.9. The topological polar surface area (TPSA) is 95.9 Å². The van der Waals surface area contributed by atoms with E-state index in [1.807, 2.05) is 29.7 Å². The van der Waals surface area contributed by atoms with Gasteiger partial charge in [0, 0.05) is 65.3 Å². The van der Waals surface area contributed by atoms with E-state index in [0.717, 1.165) is 94.9 Å². The molecule has 262 valence electrons. The van der Waals surface area contributed by atoms with Gasteiger partial charge in [0.05, 0.1) is 17.0 Å². The Morgan fingerprint density at radius 1 is 0.938 bits per heavy atom. The SMILES string of the molecule is CC(=O)C(F)(F)F.Cc1ncnc(C)c1C(=O)N1CC2CN(CCC3(c4cccc(F)c4)CCN(C(=O)C4CCOCC4)CC3)CC2C1. The number of benzene rings is 1. The fourth-order valence-corrected chi connectivity index (χ4v) is 7.73. The van der Waals surface area contributed by atoms with Crippen molar-refractivity contribution in [1.29, 1.82) is 0 Å². The molecule has 2 aromatic rings. The number of halogens is 4. The average molecular weight is 676 g/mol. The lowest BCUT2D eigenvalue weighted by Gasteiger charge is -2.44. The summed E-state index contributed by atoms with van der Waals surface area (Å²) in [5.41, 5.74) is 3.04. The number of aryl methyl sites for hydroxylation is 2. The minimum absolute atomic E-state index is 0.0497. The van der Waals surface area contributed by atoms with Crippen LogP contribution in [0.3, 0.4) is 0 Å². The second-order valence-corrected chi connectivity index (χ2v) is 13.7. The molecule has 1 aromatic carbocycles. The van der Waals surface area contributed by atoms with E-state index < -0.39 is 12.0 Å². The predicted octanol–water partition coefficient (Wildman–Crippen LogP) is 4.75. The van der Waals surface area contributed by atoms with Gasteiger partial charge in [-0.2, -0.15) is 13.2 Å². The number of hydrogen-bond donors (Lipinski definition) is 0. The molecule has 4 saturated heterocycles. The third-order valence-corrected chi connectivity index (χ3v) is 10.6. The molecule has 0 spiro atoms. The number of carbonyl (C=O) groups excluding carboxylic acids is 3. The van der Waals surface area contributed by atoms with Crippen LogP contribution in [0, 0.1) is 37.4 Å². The van der Waals surface area contributed by atoms with Crippen molar-refractivity contribution in [3.8, 4) is 0 Å². The Labute approximate surface area is 279 Å². The van der Waals surface area contributed by atoms with Gasteiger partial charge in [0.15, 0.2) is 0 Å². The first-order valence-electron chi connectivity index (χ1n) is 16.8. The van der Waals surface area contributed by atoms with Crippen molar-refractivity contribution < 1.29 is 36.7 Å². The molecule has 0 radical (unpaired) electrons. The molecule has 1 aromatic heterocycles. The highest BCUT2D eigenvalue weighted by atomic mass is 19.4. The number of ether oxygens (including phenoxy) is 1. The Hall–Kier alpha value is -3.45. The Morgan fingerprint density at radius 3 is 2.06 bits per heavy atom. The first-order chi connectivity index (χ1) is 22.8. The third-order valence-electron chi connectivity index (χ3n) is 10.6. The fraction of sp³-hybridized carbons (Fsp3) is 0.629. The number of piperidine rings is 1. The zero-order chi connectivity index (χ0) is 34.6. The van der Waals surface area contributed by atoms with Crippen LogP contribution < -0.4 is 0 Å². The van der Waals surface area contributed by atoms with Gasteiger partial charge in [0.2, 0.25) is 11.7 Å². The summed E-state index contributed by atoms with van der Waals surface area (Å²) in [6, 6.07) is 7.10. The zero-order valence-electron chi connectivity index (χ0n) is 27.9. The van der Waals surface area contributed by atoms with E-state index in [1.165, 1.54) is 12.4 Å². The van der Waals surface area contributed by atoms with Gasteiger partial charge in [-0.1, -0.05) is 12.1 Å². The molecule has 2 atom stereocenters. The summed E-state index contributed by atoms with van der Waals surface area (Å²) in [6.07, 6.45) is 1.14. The number of alkyl halides is 3. The van der Waals surface area contributed by atoms with Gasteiger partial charge in [-0.3, -0.25) is 14.4 Å². The number of likely N-dealkylation sites (tertiary alicyclic amines) is 3. The molecule has 4 aliphatic heterocycles. The summed E-state index contributed by atoms with van der Waals surface area (Å²) < 4.78 is 52.3. The lowest BCUT2D eigenvalue weighted by Crippen LogP contribution is -2.48. The molecule has 48 heavy (non-hydrogen) atoms. The molecular formula is C35H45F4N5O4. The van der Waals surface area contributed by atoms with E-state index >= 15 is 0 Å². The van der Waals surface area contributed by atoms with Gasteiger partial charge in [0.25, 0.3) is 5.91 Å². The van der Waals surface area contributed by atoms with Crippen LogP contribution in [0.15, 0.2) is 30.6 Å². The van der Waals surface area contributed by atoms with Crippen LogP contribution in [0.1, 0.15) is 66.3 Å². The van der Waals surface area contributed by atoms with Gasteiger partial charge in [0.1, 0.15) is 12.1 Å². The largest absolute Gasteiger partial charge is 0.449 e. The molecule has 4 aliphatic rings. The van der Waals surface area contributed by atoms with Gasteiger partial charge in [-0.05, 0) is 87.4 Å². The number of carbonyl (C=O) groups is 3. The first kappa shape index (κ1) is 35.8. The van der Waals surface area contributed by atoms with Crippen molar-refractivity contribution in [3.05, 3.63) is 58.9 Å². The summed E-state index contributed by atoms with van der Waals surface area (Å²) in [5, 5.41) is 0. The fourth-order valence-electron chi connectivity index (χ4n) is 7.73. The van der Waals surface area contributed by atoms with E-state index in [0.29, 0.717) is 37.5 Å². The number of rotatable bonds is 6. The smallest absolute Gasteiger partial charge is 0.381 e. The molecule has 4 fully saturated rings. The van der Waals surface area contributed by atoms with E-state index in [1.54, 1.807) is 6.07 Å². The number of ketones is 1. The molecule has 6 rings (SSSR count). The van der Waals surface area contributed by atoms with Crippen molar-refractivity contribution in [2.75, 3.05) is 59.0 Å². The number of hydrogen-bond acceptors (Lipinski definition) is 7. The van der Waals surface area contributed by atoms with Crippen LogP contribution in [-0.4, -0.2) is 107 Å². The van der Waals surface area contributed by atoms with Gasteiger partial charge in [-0.15, -0.1) is 0 Å². The highest BCUT2D eigenvalue weighted by molar-refractivity contribution is 5.96. The van der Waals surface area contributed by atoms with Crippen molar-refractivity contribution in [3.63, 3.8) is 0 Å². The van der Waals surface area contributed by atoms with E-state index in [4.69, 9.17) is 4.74 Å². The average Bonchev–Trinajstić information content (AvgIpc) is 3.63. The van der Waals surface area contributed by atoms with E-state index in [-0.39, 0.29) is 29.0 Å². The van der Waals surface area contributed by atoms with Crippen LogP contribution in [-0.2, 0) is 19.7 Å². The quantitative estimate of drug-likeness (QED) is 0.408. The highest BCUT2D eigenvalue weighted by Crippen LogP contribution is 2.41. The molecule has 2 amide bonds. The molecule has 2 unspecified atom stereocenters. The van der Waals surface area contributed by atoms with Crippen molar-refractivity contribution in [2.24, 2.45) is 17.8 Å². The molecule has 5 heterocycles. The molecule has 13 heteroatoms. The van der Waals surface area contributed by atoms with Crippen molar-refractivity contribution >= 4 is 17.6 Å². The van der Waals surface area contributed by atoms with Gasteiger partial charge < -0.3 is 19.4 Å². The molecule has 9 nitrogen and oxygen atoms in total. The van der Waals surface area contributed by atoms with E-state index in [2.05, 4.69) is 20.9 Å². The Kier molecular flexibility index (Phi) is 11.2. The third kappa shape index (κ3) is 8.22. The Morgan fingerprint density at radius 2 is 1.52 bits per heavy atom. The highest BCUT2D eigenvalue weighted by Gasteiger charge is 2.44. The maximum Gasteiger partial charge on any atom is 0.449 e. The number of aromatic nitrogens is 2. The lowest BCUT2D eigenvalue weighted by atomic mass is 9.70. The second kappa shape index (κ2) is 15.0. The second-order valence-electron chi connectivity index (χ2n) is 13.7. The van der Waals surface area contributed by atoms with Crippen molar-refractivity contribution in [2.45, 2.75) is 64.5 Å². The molecule has 0 bridgehead atoms. The van der Waals surface area contributed by atoms with E-state index in [9.17, 15) is 31.9 Å². The summed E-state index contributed by atoms with van der Waals surface area (Å²) in [4.78, 5) is 50.9. The number of fused-ring (bicyclic) bond motifs is 1. The minimum Gasteiger partial charge on any atom is -0.381 e. The van der Waals surface area contributed by atoms with Gasteiger partial charge >= 0.3 is 6.18 Å². The maximum atomic E-state index is 14.4. The van der Waals surface area contributed by atoms with Crippen LogP contribution in [0.25, 0.3) is 0 Å². The molecular weight excluding hydrogens is 630 g/mol. The van der Waals surface area contributed by atoms with Crippen LogP contribution >= 0.6 is 0 Å². The standard InChI is InChI=1S/C32H42FN5O3.C3H3F3O/c1-22-29(23(2)35-21-34-22)31(40)38-19-25-17-36(18-26(25)20-38)11-8-32(27-4-3-5-28(33)16-27)9-12-37(13-10-32)30(39)24-6-14-41-15-7-24;1-2(7)3(4,5)6/h3-5,16,21,24-26H,6-15,17-20H2,1-2H3;1H3. The molecule has 0 N–H and O–H groups in total. The minimum atomic E-state index is -4.64. The number of Topliss-reactive ketones (excluding diaryl/α,β-unsaturated/α-hetero) is 1. The lowest BCUT2D eigenvalue weighted by molar-refractivity contribution is -0.168. The summed E-state index contributed by atoms with van der Waals surface area (Å²) in [5.74, 6) is -0.636. The van der Waals surface area contributed by atoms with Crippen molar-refractivity contribution in [1.82, 2.24) is 24.7 Å². The summed E-state index contributed by atoms with van der Waals surface area (Å²) in [6.45, 7) is 11.4. The predicted molar refractivity (Wildman–Crippen MR) is 170 cm³/mol. The number of amides is 2. The summed E-state index contributed by atoms with van der Waals surface area (Å²) >= 11 is 0. The maximum absolute atomic E-state index is 14.4. The normalized spacial score (nSPS) is 23.0. The summed E-state index contributed by atoms with van der Waals surface area (Å²) in [7, 11) is 0. The monoisotopic (exact) mass is 675 g/mol.